The maximum absolute atomic E-state index is 12.8. The van der Waals surface area contributed by atoms with Gasteiger partial charge in [0.1, 0.15) is 0 Å². The zero-order valence-electron chi connectivity index (χ0n) is 18.4. The molecule has 0 saturated carbocycles. The predicted octanol–water partition coefficient (Wildman–Crippen LogP) is 5.13. The van der Waals surface area contributed by atoms with Gasteiger partial charge in [0.15, 0.2) is 0 Å². The van der Waals surface area contributed by atoms with Crippen molar-refractivity contribution in [1.29, 1.82) is 0 Å². The summed E-state index contributed by atoms with van der Waals surface area (Å²) in [5.41, 5.74) is 5.84. The fourth-order valence-corrected chi connectivity index (χ4v) is 5.70. The molecule has 3 aromatic carbocycles. The molecule has 33 heavy (non-hydrogen) atoms. The lowest BCUT2D eigenvalue weighted by Crippen LogP contribution is -2.46. The van der Waals surface area contributed by atoms with Crippen LogP contribution >= 0.6 is 11.8 Å². The number of fused-ring (bicyclic) bond motifs is 2. The van der Waals surface area contributed by atoms with Gasteiger partial charge in [-0.05, 0) is 47.3 Å². The molecule has 1 amide bonds. The number of nitrogens with zero attached hydrogens (tertiary/aromatic N) is 3. The summed E-state index contributed by atoms with van der Waals surface area (Å²) in [6.45, 7) is 4.49. The first-order chi connectivity index (χ1) is 16.2. The zero-order valence-corrected chi connectivity index (χ0v) is 19.2. The van der Waals surface area contributed by atoms with Crippen LogP contribution in [0, 0.1) is 0 Å². The van der Waals surface area contributed by atoms with Crippen LogP contribution < -0.4 is 14.7 Å². The number of anilines is 3. The fourth-order valence-electron chi connectivity index (χ4n) is 4.78. The van der Waals surface area contributed by atoms with Gasteiger partial charge in [-0.1, -0.05) is 36.4 Å². The Bertz CT molecular complexity index is 1290. The van der Waals surface area contributed by atoms with Crippen molar-refractivity contribution >= 4 is 45.6 Å². The Morgan fingerprint density at radius 1 is 0.818 bits per heavy atom. The van der Waals surface area contributed by atoms with Crippen LogP contribution in [-0.2, 0) is 11.3 Å². The lowest BCUT2D eigenvalue weighted by molar-refractivity contribution is -0.116. The van der Waals surface area contributed by atoms with Gasteiger partial charge in [0.2, 0.25) is 5.91 Å². The van der Waals surface area contributed by atoms with Crippen LogP contribution in [0.5, 0.6) is 0 Å². The molecule has 0 unspecified atom stereocenters. The van der Waals surface area contributed by atoms with E-state index in [2.05, 4.69) is 69.4 Å². The van der Waals surface area contributed by atoms with Crippen molar-refractivity contribution in [2.45, 2.75) is 11.4 Å². The van der Waals surface area contributed by atoms with Crippen molar-refractivity contribution in [1.82, 2.24) is 4.98 Å². The Kier molecular flexibility index (Phi) is 5.23. The van der Waals surface area contributed by atoms with Crippen molar-refractivity contribution in [2.24, 2.45) is 0 Å². The summed E-state index contributed by atoms with van der Waals surface area (Å²) in [4.78, 5) is 24.2. The van der Waals surface area contributed by atoms with E-state index in [1.165, 1.54) is 27.2 Å². The predicted molar refractivity (Wildman–Crippen MR) is 138 cm³/mol. The van der Waals surface area contributed by atoms with E-state index in [0.29, 0.717) is 12.3 Å². The van der Waals surface area contributed by atoms with Gasteiger partial charge in [-0.2, -0.15) is 0 Å². The number of carbonyl (C=O) groups is 1. The molecule has 1 aromatic heterocycles. The van der Waals surface area contributed by atoms with E-state index in [-0.39, 0.29) is 5.91 Å². The number of benzene rings is 3. The van der Waals surface area contributed by atoms with Crippen molar-refractivity contribution < 1.29 is 4.79 Å². The summed E-state index contributed by atoms with van der Waals surface area (Å²) in [5, 5.41) is 1.25. The van der Waals surface area contributed by atoms with Crippen molar-refractivity contribution in [3.8, 4) is 0 Å². The second-order valence-electron chi connectivity index (χ2n) is 8.63. The standard InChI is InChI=1S/C27H26N4OS/c32-27-19-33-26-9-8-23(17-25(26)31(27)18-20-4-2-1-3-5-20)30-14-12-29(13-15-30)22-7-6-21-10-11-28-24(21)16-22/h1-11,16-17,28H,12-15,18-19H2. The van der Waals surface area contributed by atoms with Crippen LogP contribution in [0.2, 0.25) is 0 Å². The van der Waals surface area contributed by atoms with Crippen molar-refractivity contribution in [2.75, 3.05) is 46.6 Å². The molecule has 166 valence electrons. The number of carbonyl (C=O) groups excluding carboxylic acids is 1. The van der Waals surface area contributed by atoms with Gasteiger partial charge < -0.3 is 19.7 Å². The van der Waals surface area contributed by atoms with Gasteiger partial charge in [0, 0.05) is 54.2 Å². The van der Waals surface area contributed by atoms with Gasteiger partial charge in [0.25, 0.3) is 0 Å². The maximum Gasteiger partial charge on any atom is 0.237 e. The molecule has 0 atom stereocenters. The van der Waals surface area contributed by atoms with Crippen LogP contribution in [-0.4, -0.2) is 42.8 Å². The quantitative estimate of drug-likeness (QED) is 0.464. The maximum atomic E-state index is 12.8. The van der Waals surface area contributed by atoms with E-state index in [9.17, 15) is 4.79 Å². The Hall–Kier alpha value is -3.38. The number of hydrogen-bond donors (Lipinski definition) is 1. The number of nitrogens with one attached hydrogen (secondary N) is 1. The molecule has 1 fully saturated rings. The minimum Gasteiger partial charge on any atom is -0.368 e. The minimum absolute atomic E-state index is 0.179. The first-order valence-corrected chi connectivity index (χ1v) is 12.4. The smallest absolute Gasteiger partial charge is 0.237 e. The monoisotopic (exact) mass is 454 g/mol. The van der Waals surface area contributed by atoms with Gasteiger partial charge in [-0.3, -0.25) is 4.79 Å². The molecule has 0 aliphatic carbocycles. The third-order valence-electron chi connectivity index (χ3n) is 6.62. The number of aromatic amines is 1. The summed E-state index contributed by atoms with van der Waals surface area (Å²) in [6.07, 6.45) is 1.99. The normalized spacial score (nSPS) is 16.4. The van der Waals surface area contributed by atoms with E-state index >= 15 is 0 Å². The van der Waals surface area contributed by atoms with Crippen LogP contribution in [0.25, 0.3) is 10.9 Å². The summed E-state index contributed by atoms with van der Waals surface area (Å²) in [5.74, 6) is 0.682. The fraction of sp³-hybridized carbons (Fsp3) is 0.222. The molecule has 2 aliphatic rings. The van der Waals surface area contributed by atoms with E-state index in [1.54, 1.807) is 11.8 Å². The molecule has 1 saturated heterocycles. The molecule has 1 N–H and O–H groups in total. The average Bonchev–Trinajstić information content (AvgIpc) is 3.34. The molecule has 0 bridgehead atoms. The molecular formula is C27H26N4OS. The van der Waals surface area contributed by atoms with Gasteiger partial charge in [-0.25, -0.2) is 0 Å². The second-order valence-corrected chi connectivity index (χ2v) is 9.65. The lowest BCUT2D eigenvalue weighted by atomic mass is 10.1. The molecule has 2 aliphatic heterocycles. The van der Waals surface area contributed by atoms with Crippen LogP contribution in [0.3, 0.4) is 0 Å². The number of aromatic nitrogens is 1. The van der Waals surface area contributed by atoms with Crippen molar-refractivity contribution in [3.63, 3.8) is 0 Å². The third-order valence-corrected chi connectivity index (χ3v) is 7.67. The molecule has 6 rings (SSSR count). The molecule has 6 heteroatoms. The van der Waals surface area contributed by atoms with Gasteiger partial charge in [0.05, 0.1) is 18.0 Å². The largest absolute Gasteiger partial charge is 0.368 e. The minimum atomic E-state index is 0.179. The Labute approximate surface area is 198 Å². The molecular weight excluding hydrogens is 428 g/mol. The second kappa shape index (κ2) is 8.52. The van der Waals surface area contributed by atoms with Gasteiger partial charge >= 0.3 is 0 Å². The van der Waals surface area contributed by atoms with Gasteiger partial charge in [-0.15, -0.1) is 11.8 Å². The highest BCUT2D eigenvalue weighted by molar-refractivity contribution is 8.00. The third kappa shape index (κ3) is 3.95. The Morgan fingerprint density at radius 2 is 1.55 bits per heavy atom. The summed E-state index contributed by atoms with van der Waals surface area (Å²) in [6, 6.07) is 25.6. The highest BCUT2D eigenvalue weighted by atomic mass is 32.2. The van der Waals surface area contributed by atoms with Crippen LogP contribution in [0.15, 0.2) is 83.9 Å². The number of rotatable bonds is 4. The SMILES string of the molecule is O=C1CSc2ccc(N3CCN(c4ccc5cc[nH]c5c4)CC3)cc2N1Cc1ccccc1. The summed E-state index contributed by atoms with van der Waals surface area (Å²) >= 11 is 1.64. The van der Waals surface area contributed by atoms with Crippen molar-refractivity contribution in [3.05, 3.63) is 84.6 Å². The van der Waals surface area contributed by atoms with E-state index < -0.39 is 0 Å². The number of thioether (sulfide) groups is 1. The highest BCUT2D eigenvalue weighted by Crippen LogP contribution is 2.39. The number of hydrogen-bond acceptors (Lipinski definition) is 4. The van der Waals surface area contributed by atoms with E-state index in [1.807, 2.05) is 29.3 Å². The molecule has 0 spiro atoms. The number of H-pyrrole nitrogens is 1. The number of amides is 1. The zero-order chi connectivity index (χ0) is 22.2. The van der Waals surface area contributed by atoms with Crippen LogP contribution in [0.4, 0.5) is 17.1 Å². The molecule has 0 radical (unpaired) electrons. The average molecular weight is 455 g/mol. The first kappa shape index (κ1) is 20.2. The lowest BCUT2D eigenvalue weighted by Gasteiger charge is -2.38. The van der Waals surface area contributed by atoms with E-state index in [0.717, 1.165) is 37.4 Å². The summed E-state index contributed by atoms with van der Waals surface area (Å²) < 4.78 is 0. The molecule has 5 nitrogen and oxygen atoms in total. The Balaban J connectivity index is 1.20. The topological polar surface area (TPSA) is 42.6 Å². The van der Waals surface area contributed by atoms with Crippen LogP contribution in [0.1, 0.15) is 5.56 Å². The molecule has 4 aromatic rings. The first-order valence-electron chi connectivity index (χ1n) is 11.4. The highest BCUT2D eigenvalue weighted by Gasteiger charge is 2.26. The number of piperazine rings is 1. The Morgan fingerprint density at radius 3 is 2.33 bits per heavy atom. The summed E-state index contributed by atoms with van der Waals surface area (Å²) in [7, 11) is 0. The van der Waals surface area contributed by atoms with E-state index in [4.69, 9.17) is 0 Å². The molecule has 3 heterocycles.